The quantitative estimate of drug-likeness (QED) is 0.791. The summed E-state index contributed by atoms with van der Waals surface area (Å²) in [5.41, 5.74) is -0.762. The summed E-state index contributed by atoms with van der Waals surface area (Å²) < 4.78 is 17.8. The van der Waals surface area contributed by atoms with Crippen LogP contribution in [0, 0.1) is 17.2 Å². The maximum absolute atomic E-state index is 13.5. The van der Waals surface area contributed by atoms with Gasteiger partial charge in [-0.25, -0.2) is 4.39 Å². The number of carbonyl (C=O) groups is 1. The third kappa shape index (κ3) is 2.79. The number of ether oxygens (including phenoxy) is 1. The summed E-state index contributed by atoms with van der Waals surface area (Å²) >= 11 is 12.4. The molecule has 0 aromatic heterocycles. The van der Waals surface area contributed by atoms with Gasteiger partial charge in [-0.1, -0.05) is 26.0 Å². The zero-order valence-corrected chi connectivity index (χ0v) is 14.3. The van der Waals surface area contributed by atoms with Crippen LogP contribution in [0.25, 0.3) is 0 Å². The Morgan fingerprint density at radius 3 is 2.55 bits per heavy atom. The highest BCUT2D eigenvalue weighted by Gasteiger charge is 2.76. The van der Waals surface area contributed by atoms with Crippen LogP contribution in [0.15, 0.2) is 24.3 Å². The molecule has 3 atom stereocenters. The van der Waals surface area contributed by atoms with E-state index in [4.69, 9.17) is 27.9 Å². The summed E-state index contributed by atoms with van der Waals surface area (Å²) in [4.78, 5) is 12.5. The van der Waals surface area contributed by atoms with Gasteiger partial charge in [0, 0.05) is 5.92 Å². The van der Waals surface area contributed by atoms with Gasteiger partial charge in [0.25, 0.3) is 0 Å². The van der Waals surface area contributed by atoms with E-state index >= 15 is 0 Å². The highest BCUT2D eigenvalue weighted by atomic mass is 35.5. The predicted molar refractivity (Wildman–Crippen MR) is 85.8 cm³/mol. The monoisotopic (exact) mass is 347 g/mol. The molecule has 1 fully saturated rings. The Morgan fingerprint density at radius 2 is 2.05 bits per heavy atom. The number of rotatable bonds is 6. The second-order valence-electron chi connectivity index (χ2n) is 5.79. The minimum Gasteiger partial charge on any atom is -0.488 e. The van der Waals surface area contributed by atoms with Crippen molar-refractivity contribution in [2.45, 2.75) is 37.6 Å². The Kier molecular flexibility index (Phi) is 4.93. The van der Waals surface area contributed by atoms with Crippen molar-refractivity contribution in [1.82, 2.24) is 5.32 Å². The predicted octanol–water partition coefficient (Wildman–Crippen LogP) is 3.93. The Bertz CT molecular complexity index is 567. The summed E-state index contributed by atoms with van der Waals surface area (Å²) in [6.07, 6.45) is 0.563. The number of nitrogens with one attached hydrogen (secondary N) is 1. The van der Waals surface area contributed by atoms with Crippen molar-refractivity contribution >= 4 is 29.1 Å². The molecule has 1 aliphatic carbocycles. The first kappa shape index (κ1) is 17.4. The molecule has 122 valence electrons. The molecule has 0 radical (unpaired) electrons. The van der Waals surface area contributed by atoms with Gasteiger partial charge in [-0.3, -0.25) is 4.79 Å². The first-order valence-electron chi connectivity index (χ1n) is 7.33. The molecule has 1 amide bonds. The molecule has 1 aliphatic rings. The molecule has 22 heavy (non-hydrogen) atoms. The first-order valence-corrected chi connectivity index (χ1v) is 8.09. The van der Waals surface area contributed by atoms with E-state index in [1.807, 2.05) is 13.8 Å². The second-order valence-corrected chi connectivity index (χ2v) is 7.17. The largest absolute Gasteiger partial charge is 0.488 e. The fraction of sp³-hybridized carbons (Fsp3) is 0.562. The number of alkyl halides is 2. The van der Waals surface area contributed by atoms with Crippen LogP contribution in [0.1, 0.15) is 27.2 Å². The number of amides is 1. The molecule has 1 saturated carbocycles. The standard InChI is InChI=1S/C16H20Cl2FNO2/c1-4-15(11(3)16(15,17)18)14(21)20-10(2)9-22-13-8-6-5-7-12(13)19/h5-8,10-11H,4,9H2,1-3H3,(H,20,21)/t10-,11?,15-/m1/s1. The summed E-state index contributed by atoms with van der Waals surface area (Å²) in [6, 6.07) is 5.87. The van der Waals surface area contributed by atoms with E-state index in [2.05, 4.69) is 5.32 Å². The van der Waals surface area contributed by atoms with Crippen LogP contribution < -0.4 is 10.1 Å². The zero-order chi connectivity index (χ0) is 16.5. The lowest BCUT2D eigenvalue weighted by molar-refractivity contribution is -0.127. The van der Waals surface area contributed by atoms with Gasteiger partial charge in [0.1, 0.15) is 10.9 Å². The van der Waals surface area contributed by atoms with Gasteiger partial charge in [-0.2, -0.15) is 0 Å². The maximum Gasteiger partial charge on any atom is 0.229 e. The summed E-state index contributed by atoms with van der Waals surface area (Å²) in [5.74, 6) is -0.551. The zero-order valence-electron chi connectivity index (χ0n) is 12.8. The lowest BCUT2D eigenvalue weighted by Gasteiger charge is -2.21. The van der Waals surface area contributed by atoms with E-state index in [1.165, 1.54) is 6.07 Å². The molecule has 2 rings (SSSR count). The topological polar surface area (TPSA) is 38.3 Å². The average molecular weight is 348 g/mol. The van der Waals surface area contributed by atoms with Crippen LogP contribution >= 0.6 is 23.2 Å². The third-order valence-electron chi connectivity index (χ3n) is 4.46. The fourth-order valence-electron chi connectivity index (χ4n) is 2.86. The Balaban J connectivity index is 1.91. The van der Waals surface area contributed by atoms with E-state index in [0.29, 0.717) is 6.42 Å². The van der Waals surface area contributed by atoms with Gasteiger partial charge in [0.2, 0.25) is 5.91 Å². The number of benzene rings is 1. The molecule has 0 heterocycles. The van der Waals surface area contributed by atoms with Crippen LogP contribution in [0.4, 0.5) is 4.39 Å². The highest BCUT2D eigenvalue weighted by Crippen LogP contribution is 2.70. The Labute approximate surface area is 140 Å². The molecule has 0 spiro atoms. The van der Waals surface area contributed by atoms with Crippen LogP contribution in [0.2, 0.25) is 0 Å². The fourth-order valence-corrected chi connectivity index (χ4v) is 3.89. The smallest absolute Gasteiger partial charge is 0.229 e. The van der Waals surface area contributed by atoms with Crippen molar-refractivity contribution in [3.8, 4) is 5.75 Å². The summed E-state index contributed by atoms with van der Waals surface area (Å²) in [5, 5.41) is 2.85. The highest BCUT2D eigenvalue weighted by molar-refractivity contribution is 6.53. The van der Waals surface area contributed by atoms with Gasteiger partial charge in [-0.15, -0.1) is 23.2 Å². The second kappa shape index (κ2) is 6.25. The minimum atomic E-state index is -1.03. The molecule has 0 aliphatic heterocycles. The first-order chi connectivity index (χ1) is 10.3. The van der Waals surface area contributed by atoms with Crippen LogP contribution in [0.3, 0.4) is 0 Å². The van der Waals surface area contributed by atoms with E-state index in [9.17, 15) is 9.18 Å². The van der Waals surface area contributed by atoms with Crippen LogP contribution in [0.5, 0.6) is 5.75 Å². The van der Waals surface area contributed by atoms with Crippen molar-refractivity contribution in [2.75, 3.05) is 6.61 Å². The Morgan fingerprint density at radius 1 is 1.45 bits per heavy atom. The number of carbonyl (C=O) groups excluding carboxylic acids is 1. The maximum atomic E-state index is 13.5. The molecular formula is C16H20Cl2FNO2. The number of hydrogen-bond donors (Lipinski definition) is 1. The number of para-hydroxylation sites is 1. The molecule has 0 saturated heterocycles. The van der Waals surface area contributed by atoms with Gasteiger partial charge in [0.15, 0.2) is 11.6 Å². The molecule has 1 N–H and O–H groups in total. The summed E-state index contributed by atoms with van der Waals surface area (Å²) in [7, 11) is 0. The molecule has 1 aromatic rings. The van der Waals surface area contributed by atoms with E-state index in [-0.39, 0.29) is 30.2 Å². The van der Waals surface area contributed by atoms with Crippen molar-refractivity contribution in [1.29, 1.82) is 0 Å². The van der Waals surface area contributed by atoms with Gasteiger partial charge < -0.3 is 10.1 Å². The van der Waals surface area contributed by atoms with E-state index in [0.717, 1.165) is 0 Å². The average Bonchev–Trinajstić information content (AvgIpc) is 2.91. The lowest BCUT2D eigenvalue weighted by Crippen LogP contribution is -2.43. The number of hydrogen-bond acceptors (Lipinski definition) is 2. The van der Waals surface area contributed by atoms with E-state index < -0.39 is 15.6 Å². The molecule has 1 aromatic carbocycles. The van der Waals surface area contributed by atoms with Gasteiger partial charge >= 0.3 is 0 Å². The van der Waals surface area contributed by atoms with Crippen LogP contribution in [-0.4, -0.2) is 22.9 Å². The van der Waals surface area contributed by atoms with Crippen molar-refractivity contribution in [3.05, 3.63) is 30.1 Å². The SMILES string of the molecule is CC[C@]1(C(=O)N[C@H](C)COc2ccccc2F)C(C)C1(Cl)Cl. The molecule has 1 unspecified atom stereocenters. The Hall–Kier alpha value is -1.000. The molecule has 0 bridgehead atoms. The van der Waals surface area contributed by atoms with E-state index in [1.54, 1.807) is 25.1 Å². The summed E-state index contributed by atoms with van der Waals surface area (Å²) in [6.45, 7) is 5.71. The van der Waals surface area contributed by atoms with Gasteiger partial charge in [0.05, 0.1) is 11.5 Å². The number of halogens is 3. The lowest BCUT2D eigenvalue weighted by atomic mass is 9.99. The van der Waals surface area contributed by atoms with Crippen LogP contribution in [-0.2, 0) is 4.79 Å². The van der Waals surface area contributed by atoms with Crippen molar-refractivity contribution < 1.29 is 13.9 Å². The molecule has 6 heteroatoms. The normalized spacial score (nSPS) is 27.1. The minimum absolute atomic E-state index is 0.104. The molecular weight excluding hydrogens is 328 g/mol. The third-order valence-corrected chi connectivity index (χ3v) is 5.79. The van der Waals surface area contributed by atoms with Crippen molar-refractivity contribution in [2.24, 2.45) is 11.3 Å². The van der Waals surface area contributed by atoms with Gasteiger partial charge in [-0.05, 0) is 25.5 Å². The molecule has 3 nitrogen and oxygen atoms in total. The van der Waals surface area contributed by atoms with Crippen molar-refractivity contribution in [3.63, 3.8) is 0 Å².